The molecule has 1 aromatic carbocycles. The second-order valence-electron chi connectivity index (χ2n) is 8.00. The summed E-state index contributed by atoms with van der Waals surface area (Å²) in [5.41, 5.74) is 5.16. The number of carbonyl (C=O) groups excluding carboxylic acids is 3. The average Bonchev–Trinajstić information content (AvgIpc) is 3.18. The fourth-order valence-corrected chi connectivity index (χ4v) is 4.42. The number of ether oxygens (including phenoxy) is 1. The van der Waals surface area contributed by atoms with E-state index in [2.05, 4.69) is 10.4 Å². The summed E-state index contributed by atoms with van der Waals surface area (Å²) in [5.74, 6) is -2.38. The summed E-state index contributed by atoms with van der Waals surface area (Å²) in [7, 11) is 0. The van der Waals surface area contributed by atoms with Crippen molar-refractivity contribution >= 4 is 23.4 Å². The largest absolute Gasteiger partial charge is 0.468 e. The van der Waals surface area contributed by atoms with Crippen molar-refractivity contribution in [3.63, 3.8) is 0 Å². The summed E-state index contributed by atoms with van der Waals surface area (Å²) < 4.78 is 7.29. The van der Waals surface area contributed by atoms with Gasteiger partial charge in [0.1, 0.15) is 30.6 Å². The molecule has 0 saturated carbocycles. The molecule has 2 aromatic rings. The number of rotatable bonds is 7. The Morgan fingerprint density at radius 2 is 2.16 bits per heavy atom. The minimum Gasteiger partial charge on any atom is -0.468 e. The van der Waals surface area contributed by atoms with Gasteiger partial charge in [-0.15, -0.1) is 0 Å². The Morgan fingerprint density at radius 1 is 1.41 bits per heavy atom. The topological polar surface area (TPSA) is 163 Å². The van der Waals surface area contributed by atoms with Gasteiger partial charge in [0.2, 0.25) is 17.7 Å². The number of hydrogen-bond donors (Lipinski definition) is 2. The predicted octanol–water partition coefficient (Wildman–Crippen LogP) is 0.134. The number of likely N-dealkylation sites (tertiary alicyclic amines) is 1. The molecule has 32 heavy (non-hydrogen) atoms. The van der Waals surface area contributed by atoms with Gasteiger partial charge in [-0.25, -0.2) is 0 Å². The second kappa shape index (κ2) is 7.94. The first kappa shape index (κ1) is 21.3. The lowest BCUT2D eigenvalue weighted by atomic mass is 9.73. The van der Waals surface area contributed by atoms with E-state index in [1.807, 2.05) is 18.2 Å². The lowest BCUT2D eigenvalue weighted by Crippen LogP contribution is -2.65. The second-order valence-corrected chi connectivity index (χ2v) is 8.00. The van der Waals surface area contributed by atoms with E-state index in [0.717, 1.165) is 22.6 Å². The monoisotopic (exact) mass is 442 g/mol. The fourth-order valence-electron chi connectivity index (χ4n) is 4.42. The van der Waals surface area contributed by atoms with Crippen LogP contribution in [0.4, 0.5) is 5.69 Å². The maximum atomic E-state index is 13.2. The van der Waals surface area contributed by atoms with Gasteiger partial charge in [0.25, 0.3) is 0 Å². The van der Waals surface area contributed by atoms with E-state index in [1.165, 1.54) is 4.90 Å². The first-order valence-corrected chi connectivity index (χ1v) is 10.0. The third-order valence-electron chi connectivity index (χ3n) is 5.85. The summed E-state index contributed by atoms with van der Waals surface area (Å²) in [5, 5.41) is 17.1. The van der Waals surface area contributed by atoms with Gasteiger partial charge >= 0.3 is 5.69 Å². The Bertz CT molecular complexity index is 1100. The summed E-state index contributed by atoms with van der Waals surface area (Å²) in [6, 6.07) is 7.26. The van der Waals surface area contributed by atoms with Crippen molar-refractivity contribution in [2.75, 3.05) is 13.1 Å². The molecule has 12 nitrogen and oxygen atoms in total. The van der Waals surface area contributed by atoms with E-state index in [0.29, 0.717) is 12.2 Å². The van der Waals surface area contributed by atoms with Gasteiger partial charge in [-0.1, -0.05) is 18.2 Å². The molecular weight excluding hydrogens is 420 g/mol. The highest BCUT2D eigenvalue weighted by atomic mass is 16.6. The molecule has 2 aliphatic rings. The number of nitrogens with two attached hydrogens (primary N) is 1. The van der Waals surface area contributed by atoms with Gasteiger partial charge in [-0.3, -0.25) is 29.2 Å². The normalized spacial score (nSPS) is 23.8. The lowest BCUT2D eigenvalue weighted by Gasteiger charge is -2.52. The number of fused-ring (bicyclic) bond motifs is 4. The molecule has 1 saturated heterocycles. The highest BCUT2D eigenvalue weighted by molar-refractivity contribution is 6.01. The smallest absolute Gasteiger partial charge is 0.307 e. The van der Waals surface area contributed by atoms with Crippen LogP contribution >= 0.6 is 0 Å². The summed E-state index contributed by atoms with van der Waals surface area (Å²) in [6.45, 7) is 1.74. The molecule has 4 rings (SSSR count). The Kier molecular flexibility index (Phi) is 5.28. The van der Waals surface area contributed by atoms with E-state index in [9.17, 15) is 24.5 Å². The Morgan fingerprint density at radius 3 is 2.84 bits per heavy atom. The van der Waals surface area contributed by atoms with E-state index in [4.69, 9.17) is 10.5 Å². The molecule has 0 unspecified atom stereocenters. The van der Waals surface area contributed by atoms with Gasteiger partial charge in [-0.2, -0.15) is 5.10 Å². The Balaban J connectivity index is 1.45. The highest BCUT2D eigenvalue weighted by Gasteiger charge is 2.55. The van der Waals surface area contributed by atoms with Crippen molar-refractivity contribution in [2.24, 2.45) is 11.7 Å². The maximum absolute atomic E-state index is 13.2. The third kappa shape index (κ3) is 3.74. The third-order valence-corrected chi connectivity index (χ3v) is 5.85. The van der Waals surface area contributed by atoms with Crippen LogP contribution in [0.25, 0.3) is 0 Å². The van der Waals surface area contributed by atoms with Crippen molar-refractivity contribution in [3.05, 3.63) is 52.3 Å². The molecule has 3 N–H and O–H groups in total. The van der Waals surface area contributed by atoms with Crippen LogP contribution in [0.1, 0.15) is 24.8 Å². The van der Waals surface area contributed by atoms with Crippen LogP contribution in [-0.4, -0.2) is 56.1 Å². The molecule has 3 atom stereocenters. The van der Waals surface area contributed by atoms with Crippen LogP contribution in [0, 0.1) is 16.0 Å². The number of para-hydroxylation sites is 1. The van der Waals surface area contributed by atoms with E-state index in [-0.39, 0.29) is 31.2 Å². The highest BCUT2D eigenvalue weighted by Crippen LogP contribution is 2.49. The van der Waals surface area contributed by atoms with E-state index >= 15 is 0 Å². The molecule has 0 radical (unpaired) electrons. The Labute approximate surface area is 182 Å². The first-order valence-electron chi connectivity index (χ1n) is 10.0. The van der Waals surface area contributed by atoms with Crippen LogP contribution in [0.5, 0.6) is 5.75 Å². The first-order chi connectivity index (χ1) is 15.2. The number of aromatic nitrogens is 2. The summed E-state index contributed by atoms with van der Waals surface area (Å²) >= 11 is 0. The maximum Gasteiger partial charge on any atom is 0.307 e. The molecule has 0 spiro atoms. The number of amides is 3. The van der Waals surface area contributed by atoms with Gasteiger partial charge < -0.3 is 20.7 Å². The number of carbonyl (C=O) groups is 3. The summed E-state index contributed by atoms with van der Waals surface area (Å²) in [6.07, 6.45) is 2.60. The van der Waals surface area contributed by atoms with E-state index in [1.54, 1.807) is 13.0 Å². The average molecular weight is 442 g/mol. The molecular formula is C20H22N6O6. The van der Waals surface area contributed by atoms with Crippen molar-refractivity contribution in [1.29, 1.82) is 0 Å². The number of primary amides is 1. The zero-order valence-corrected chi connectivity index (χ0v) is 17.3. The van der Waals surface area contributed by atoms with Crippen LogP contribution in [0.3, 0.4) is 0 Å². The standard InChI is InChI=1S/C20H22N6O6/c1-20-8-14(13-4-2-3-5-15(13)32-20)17(18(21)28)19(29)25(20)7-6-22-16(27)11-24-10-12(9-23-24)26(30)31/h2-5,9-10,14,17H,6-8,11H2,1H3,(H2,21,28)(H,22,27)/t14-,17-,20-/m0/s1. The number of benzene rings is 1. The van der Waals surface area contributed by atoms with Crippen molar-refractivity contribution in [1.82, 2.24) is 20.0 Å². The Hall–Kier alpha value is -3.96. The van der Waals surface area contributed by atoms with E-state index < -0.39 is 34.3 Å². The number of nitrogens with one attached hydrogen (secondary N) is 1. The van der Waals surface area contributed by atoms with Crippen LogP contribution < -0.4 is 15.8 Å². The lowest BCUT2D eigenvalue weighted by molar-refractivity contribution is -0.385. The zero-order valence-electron chi connectivity index (χ0n) is 17.3. The zero-order chi connectivity index (χ0) is 23.0. The van der Waals surface area contributed by atoms with Gasteiger partial charge in [0, 0.05) is 25.4 Å². The van der Waals surface area contributed by atoms with Gasteiger partial charge in [0.15, 0.2) is 5.72 Å². The molecule has 1 aromatic heterocycles. The molecule has 168 valence electrons. The predicted molar refractivity (Wildman–Crippen MR) is 109 cm³/mol. The SMILES string of the molecule is C[C@@]12C[C@@H](c3ccccc3O1)[C@@H](C(N)=O)C(=O)N2CCNC(=O)Cn1cc([N+](=O)[O-])cn1. The minimum absolute atomic E-state index is 0.0880. The van der Waals surface area contributed by atoms with Crippen molar-refractivity contribution in [2.45, 2.75) is 31.5 Å². The van der Waals surface area contributed by atoms with Crippen molar-refractivity contribution in [3.8, 4) is 5.75 Å². The molecule has 1 fully saturated rings. The van der Waals surface area contributed by atoms with Crippen LogP contribution in [0.2, 0.25) is 0 Å². The minimum atomic E-state index is -1.02. The van der Waals surface area contributed by atoms with Crippen molar-refractivity contribution < 1.29 is 24.0 Å². The quantitative estimate of drug-likeness (QED) is 0.350. The number of hydrogen-bond acceptors (Lipinski definition) is 7. The van der Waals surface area contributed by atoms with Crippen LogP contribution in [0.15, 0.2) is 36.7 Å². The molecule has 0 aliphatic carbocycles. The molecule has 2 bridgehead atoms. The number of nitro groups is 1. The molecule has 3 heterocycles. The molecule has 2 aliphatic heterocycles. The number of piperidine rings is 1. The van der Waals surface area contributed by atoms with Gasteiger partial charge in [-0.05, 0) is 18.6 Å². The number of nitrogens with zero attached hydrogens (tertiary/aromatic N) is 4. The summed E-state index contributed by atoms with van der Waals surface area (Å²) in [4.78, 5) is 49.1. The van der Waals surface area contributed by atoms with Gasteiger partial charge in [0.05, 0.1) is 4.92 Å². The molecule has 3 amide bonds. The van der Waals surface area contributed by atoms with Crippen LogP contribution in [-0.2, 0) is 20.9 Å². The fraction of sp³-hybridized carbons (Fsp3) is 0.400. The molecule has 12 heteroatoms.